The number of hydrogen-bond donors (Lipinski definition) is 0. The molecule has 0 amide bonds. The van der Waals surface area contributed by atoms with Crippen LogP contribution in [0.3, 0.4) is 0 Å². The number of carbonyl (C=O) groups excluding carboxylic acids is 2. The normalized spacial score (nSPS) is 15.8. The molecule has 2 aromatic rings. The monoisotopic (exact) mass is 371 g/mol. The van der Waals surface area contributed by atoms with Crippen molar-refractivity contribution in [2.24, 2.45) is 0 Å². The van der Waals surface area contributed by atoms with E-state index in [2.05, 4.69) is 36.1 Å². The van der Waals surface area contributed by atoms with E-state index in [0.29, 0.717) is 6.04 Å². The Kier molecular flexibility index (Phi) is 10.0. The van der Waals surface area contributed by atoms with Gasteiger partial charge < -0.3 is 14.5 Å². The molecule has 0 bridgehead atoms. The average molecular weight is 371 g/mol. The molecule has 1 fully saturated rings. The van der Waals surface area contributed by atoms with Gasteiger partial charge in [0, 0.05) is 18.3 Å². The Bertz CT molecular complexity index is 685. The molecule has 3 rings (SSSR count). The average Bonchev–Trinajstić information content (AvgIpc) is 2.71. The molecule has 1 saturated heterocycles. The largest absolute Gasteiger partial charge is 0.369 e. The Morgan fingerprint density at radius 1 is 0.963 bits per heavy atom. The number of carbonyl (C=O) groups is 2. The highest BCUT2D eigenvalue weighted by molar-refractivity contribution is 5.49. The van der Waals surface area contributed by atoms with Crippen LogP contribution in [0.5, 0.6) is 0 Å². The molecular formula is C23H30FNO2. The maximum absolute atomic E-state index is 14.1. The quantitative estimate of drug-likeness (QED) is 0.753. The third-order valence-electron chi connectivity index (χ3n) is 4.95. The molecule has 0 spiro atoms. The summed E-state index contributed by atoms with van der Waals surface area (Å²) in [4.78, 5) is 18.5. The standard InChI is InChI=1S/C21H26FN.2CH2O/c1-16-7-11-20(12-8-16)23-14-4-3-5-19(23)13-10-18-9-6-17(2)15-21(18)22;2*1-2/h6-9,11-12,15,19H,3-5,10,13-14H2,1-2H3;2*1H2. The fraction of sp³-hybridized carbons (Fsp3) is 0.391. The van der Waals surface area contributed by atoms with Crippen LogP contribution in [0.25, 0.3) is 0 Å². The molecule has 3 nitrogen and oxygen atoms in total. The Balaban J connectivity index is 0.000000855. The van der Waals surface area contributed by atoms with E-state index in [-0.39, 0.29) is 5.82 Å². The van der Waals surface area contributed by atoms with Crippen molar-refractivity contribution in [1.82, 2.24) is 0 Å². The van der Waals surface area contributed by atoms with Gasteiger partial charge in [-0.25, -0.2) is 4.39 Å². The molecule has 1 aliphatic rings. The maximum atomic E-state index is 14.1. The van der Waals surface area contributed by atoms with E-state index in [1.54, 1.807) is 6.07 Å². The summed E-state index contributed by atoms with van der Waals surface area (Å²) in [5.41, 5.74) is 4.45. The van der Waals surface area contributed by atoms with Crippen LogP contribution in [-0.4, -0.2) is 26.2 Å². The minimum atomic E-state index is -0.0531. The lowest BCUT2D eigenvalue weighted by atomic mass is 9.94. The van der Waals surface area contributed by atoms with Crippen LogP contribution in [-0.2, 0) is 16.0 Å². The Morgan fingerprint density at radius 2 is 1.59 bits per heavy atom. The lowest BCUT2D eigenvalue weighted by molar-refractivity contribution is -0.0987. The molecule has 2 aromatic carbocycles. The maximum Gasteiger partial charge on any atom is 0.126 e. The summed E-state index contributed by atoms with van der Waals surface area (Å²) >= 11 is 0. The molecule has 0 aliphatic carbocycles. The van der Waals surface area contributed by atoms with E-state index in [4.69, 9.17) is 9.59 Å². The fourth-order valence-electron chi connectivity index (χ4n) is 3.55. The second-order valence-electron chi connectivity index (χ2n) is 6.81. The molecule has 0 saturated carbocycles. The van der Waals surface area contributed by atoms with E-state index >= 15 is 0 Å². The van der Waals surface area contributed by atoms with Crippen molar-refractivity contribution < 1.29 is 14.0 Å². The van der Waals surface area contributed by atoms with E-state index in [1.165, 1.54) is 30.5 Å². The lowest BCUT2D eigenvalue weighted by Crippen LogP contribution is -2.39. The highest BCUT2D eigenvalue weighted by Gasteiger charge is 2.22. The first-order valence-electron chi connectivity index (χ1n) is 9.29. The van der Waals surface area contributed by atoms with Crippen molar-refractivity contribution in [1.29, 1.82) is 0 Å². The summed E-state index contributed by atoms with van der Waals surface area (Å²) in [6, 6.07) is 14.9. The predicted octanol–water partition coefficient (Wildman–Crippen LogP) is 5.06. The highest BCUT2D eigenvalue weighted by Crippen LogP contribution is 2.28. The lowest BCUT2D eigenvalue weighted by Gasteiger charge is -2.38. The molecule has 1 heterocycles. The molecule has 0 radical (unpaired) electrons. The van der Waals surface area contributed by atoms with Gasteiger partial charge in [-0.05, 0) is 75.3 Å². The van der Waals surface area contributed by atoms with Gasteiger partial charge in [-0.15, -0.1) is 0 Å². The van der Waals surface area contributed by atoms with E-state index < -0.39 is 0 Å². The minimum absolute atomic E-state index is 0.0531. The number of anilines is 1. The first kappa shape index (κ1) is 22.6. The number of rotatable bonds is 4. The molecule has 4 heteroatoms. The fourth-order valence-corrected chi connectivity index (χ4v) is 3.55. The van der Waals surface area contributed by atoms with Crippen LogP contribution in [0, 0.1) is 19.7 Å². The van der Waals surface area contributed by atoms with Crippen LogP contribution in [0.4, 0.5) is 10.1 Å². The summed E-state index contributed by atoms with van der Waals surface area (Å²) in [5, 5.41) is 0. The van der Waals surface area contributed by atoms with Gasteiger partial charge in [-0.3, -0.25) is 0 Å². The third kappa shape index (κ3) is 6.63. The first-order chi connectivity index (χ1) is 13.1. The highest BCUT2D eigenvalue weighted by atomic mass is 19.1. The summed E-state index contributed by atoms with van der Waals surface area (Å²) in [5.74, 6) is -0.0531. The smallest absolute Gasteiger partial charge is 0.126 e. The molecular weight excluding hydrogens is 341 g/mol. The van der Waals surface area contributed by atoms with Gasteiger partial charge in [-0.2, -0.15) is 0 Å². The van der Waals surface area contributed by atoms with Crippen LogP contribution in [0.15, 0.2) is 42.5 Å². The van der Waals surface area contributed by atoms with Crippen molar-refractivity contribution in [3.05, 3.63) is 65.0 Å². The van der Waals surface area contributed by atoms with Gasteiger partial charge in [0.15, 0.2) is 0 Å². The SMILES string of the molecule is C=O.C=O.Cc1ccc(N2CCCCC2CCc2ccc(C)cc2F)cc1. The van der Waals surface area contributed by atoms with Gasteiger partial charge in [-0.1, -0.05) is 29.8 Å². The van der Waals surface area contributed by atoms with Gasteiger partial charge in [0.25, 0.3) is 0 Å². The van der Waals surface area contributed by atoms with Crippen molar-refractivity contribution in [2.45, 2.75) is 52.0 Å². The van der Waals surface area contributed by atoms with Gasteiger partial charge in [0.1, 0.15) is 19.4 Å². The predicted molar refractivity (Wildman–Crippen MR) is 110 cm³/mol. The van der Waals surface area contributed by atoms with E-state index in [1.807, 2.05) is 32.6 Å². The van der Waals surface area contributed by atoms with Gasteiger partial charge >= 0.3 is 0 Å². The third-order valence-corrected chi connectivity index (χ3v) is 4.95. The first-order valence-corrected chi connectivity index (χ1v) is 9.29. The number of benzene rings is 2. The molecule has 146 valence electrons. The Hall–Kier alpha value is -2.49. The summed E-state index contributed by atoms with van der Waals surface area (Å²) in [6.07, 6.45) is 5.58. The minimum Gasteiger partial charge on any atom is -0.369 e. The summed E-state index contributed by atoms with van der Waals surface area (Å²) in [6.45, 7) is 9.18. The Morgan fingerprint density at radius 3 is 2.22 bits per heavy atom. The zero-order chi connectivity index (χ0) is 20.2. The van der Waals surface area contributed by atoms with E-state index in [9.17, 15) is 4.39 Å². The van der Waals surface area contributed by atoms with Crippen LogP contribution in [0.2, 0.25) is 0 Å². The van der Waals surface area contributed by atoms with Crippen molar-refractivity contribution in [2.75, 3.05) is 11.4 Å². The van der Waals surface area contributed by atoms with Gasteiger partial charge in [0.05, 0.1) is 0 Å². The number of nitrogens with zero attached hydrogens (tertiary/aromatic N) is 1. The number of halogens is 1. The van der Waals surface area contributed by atoms with E-state index in [0.717, 1.165) is 30.5 Å². The van der Waals surface area contributed by atoms with Crippen molar-refractivity contribution in [3.8, 4) is 0 Å². The molecule has 0 N–H and O–H groups in total. The zero-order valence-electron chi connectivity index (χ0n) is 16.4. The molecule has 1 atom stereocenters. The Labute approximate surface area is 162 Å². The molecule has 0 aromatic heterocycles. The summed E-state index contributed by atoms with van der Waals surface area (Å²) in [7, 11) is 0. The van der Waals surface area contributed by atoms with Crippen LogP contribution >= 0.6 is 0 Å². The summed E-state index contributed by atoms with van der Waals surface area (Å²) < 4.78 is 14.1. The zero-order valence-corrected chi connectivity index (χ0v) is 16.4. The van der Waals surface area contributed by atoms with Crippen molar-refractivity contribution >= 4 is 19.3 Å². The van der Waals surface area contributed by atoms with Crippen molar-refractivity contribution in [3.63, 3.8) is 0 Å². The number of piperidine rings is 1. The molecule has 27 heavy (non-hydrogen) atoms. The van der Waals surface area contributed by atoms with Crippen LogP contribution in [0.1, 0.15) is 42.4 Å². The van der Waals surface area contributed by atoms with Crippen LogP contribution < -0.4 is 4.90 Å². The molecule has 1 unspecified atom stereocenters. The number of aryl methyl sites for hydroxylation is 3. The number of hydrogen-bond acceptors (Lipinski definition) is 3. The van der Waals surface area contributed by atoms with Gasteiger partial charge in [0.2, 0.25) is 0 Å². The topological polar surface area (TPSA) is 37.4 Å². The second-order valence-corrected chi connectivity index (χ2v) is 6.81. The molecule has 1 aliphatic heterocycles. The second kappa shape index (κ2) is 12.0.